The number of nitrogens with one attached hydrogen (secondary N) is 2. The van der Waals surface area contributed by atoms with Gasteiger partial charge in [0.05, 0.1) is 6.42 Å². The lowest BCUT2D eigenvalue weighted by atomic mass is 9.98. The molecule has 0 radical (unpaired) electrons. The van der Waals surface area contributed by atoms with Crippen LogP contribution in [0.1, 0.15) is 71.6 Å². The number of benzene rings is 1. The molecule has 35 heavy (non-hydrogen) atoms. The van der Waals surface area contributed by atoms with E-state index in [4.69, 9.17) is 10.5 Å². The Morgan fingerprint density at radius 2 is 1.80 bits per heavy atom. The van der Waals surface area contributed by atoms with E-state index in [2.05, 4.69) is 10.6 Å². The molecule has 10 nitrogen and oxygen atoms in total. The lowest BCUT2D eigenvalue weighted by Crippen LogP contribution is -2.55. The Labute approximate surface area is 206 Å². The average molecular weight is 491 g/mol. The number of aromatic hydroxyl groups is 1. The number of primary amides is 1. The Hall–Kier alpha value is -3.30. The fourth-order valence-corrected chi connectivity index (χ4v) is 3.89. The number of rotatable bonds is 9. The van der Waals surface area contributed by atoms with E-state index in [1.807, 2.05) is 6.92 Å². The number of carbonyl (C=O) groups is 4. The smallest absolute Gasteiger partial charge is 0.408 e. The summed E-state index contributed by atoms with van der Waals surface area (Å²) in [5.74, 6) is -1.97. The third-order valence-electron chi connectivity index (χ3n) is 5.59. The van der Waals surface area contributed by atoms with Crippen LogP contribution in [-0.2, 0) is 19.1 Å². The minimum absolute atomic E-state index is 0.0796. The molecule has 0 aromatic heterocycles. The van der Waals surface area contributed by atoms with E-state index in [1.165, 1.54) is 4.90 Å². The second-order valence-electron chi connectivity index (χ2n) is 10.5. The molecule has 0 bridgehead atoms. The van der Waals surface area contributed by atoms with Crippen molar-refractivity contribution in [2.45, 2.75) is 91.1 Å². The Kier molecular flexibility index (Phi) is 8.75. The molecule has 1 aromatic carbocycles. The monoisotopic (exact) mass is 490 g/mol. The molecule has 0 aliphatic heterocycles. The lowest BCUT2D eigenvalue weighted by molar-refractivity contribution is -0.144. The number of hydrogen-bond acceptors (Lipinski definition) is 6. The predicted molar refractivity (Wildman–Crippen MR) is 130 cm³/mol. The normalized spacial score (nSPS) is 18.9. The molecule has 0 saturated heterocycles. The van der Waals surface area contributed by atoms with Gasteiger partial charge < -0.3 is 31.1 Å². The summed E-state index contributed by atoms with van der Waals surface area (Å²) in [5, 5.41) is 16.1. The maximum Gasteiger partial charge on any atom is 0.408 e. The predicted octanol–water partition coefficient (Wildman–Crippen LogP) is 2.27. The number of alkyl carbamates (subject to hydrolysis) is 1. The highest BCUT2D eigenvalue weighted by Gasteiger charge is 2.49. The minimum Gasteiger partial charge on any atom is -0.507 e. The Morgan fingerprint density at radius 1 is 1.20 bits per heavy atom. The van der Waals surface area contributed by atoms with Crippen LogP contribution < -0.4 is 16.4 Å². The van der Waals surface area contributed by atoms with Gasteiger partial charge in [-0.3, -0.25) is 14.4 Å². The lowest BCUT2D eigenvalue weighted by Gasteiger charge is -2.35. The first kappa shape index (κ1) is 27.9. The van der Waals surface area contributed by atoms with Gasteiger partial charge in [0.15, 0.2) is 0 Å². The van der Waals surface area contributed by atoms with E-state index >= 15 is 0 Å². The number of ether oxygens (including phenoxy) is 1. The van der Waals surface area contributed by atoms with E-state index in [-0.39, 0.29) is 29.3 Å². The first-order chi connectivity index (χ1) is 16.1. The van der Waals surface area contributed by atoms with Gasteiger partial charge >= 0.3 is 6.09 Å². The third kappa shape index (κ3) is 7.60. The van der Waals surface area contributed by atoms with Crippen LogP contribution in [0.5, 0.6) is 5.75 Å². The van der Waals surface area contributed by atoms with Gasteiger partial charge in [-0.25, -0.2) is 4.79 Å². The highest BCUT2D eigenvalue weighted by Crippen LogP contribution is 2.43. The van der Waals surface area contributed by atoms with Crippen LogP contribution in [0.4, 0.5) is 4.79 Å². The molecule has 0 heterocycles. The molecule has 4 atom stereocenters. The average Bonchev–Trinajstić information content (AvgIpc) is 3.41. The number of nitrogens with two attached hydrogens (primary N) is 1. The SMILES string of the molecule is Cc1cccc(C(C(=O)NC(C)C)N(C(=O)C(CC(N)=O)NC(=O)OC(C)(C)C)C2CC2C)c1O. The van der Waals surface area contributed by atoms with E-state index in [9.17, 15) is 24.3 Å². The van der Waals surface area contributed by atoms with Crippen LogP contribution in [0.3, 0.4) is 0 Å². The Morgan fingerprint density at radius 3 is 2.29 bits per heavy atom. The summed E-state index contributed by atoms with van der Waals surface area (Å²) < 4.78 is 5.26. The molecule has 1 aliphatic carbocycles. The van der Waals surface area contributed by atoms with Gasteiger partial charge in [-0.1, -0.05) is 25.1 Å². The van der Waals surface area contributed by atoms with E-state index < -0.39 is 47.9 Å². The maximum atomic E-state index is 13.9. The molecule has 1 saturated carbocycles. The molecule has 1 aromatic rings. The number of amides is 4. The second kappa shape index (κ2) is 11.0. The number of phenolic OH excluding ortho intramolecular Hbond substituents is 1. The number of phenols is 1. The largest absolute Gasteiger partial charge is 0.507 e. The standard InChI is InChI=1S/C25H38N4O6/c1-13(2)27-22(32)20(16-10-8-9-14(3)21(16)31)29(18-11-15(18)4)23(33)17(12-19(26)30)28-24(34)35-25(5,6)7/h8-10,13,15,17-18,20,31H,11-12H2,1-7H3,(H2,26,30)(H,27,32)(H,28,34). The zero-order valence-electron chi connectivity index (χ0n) is 21.5. The Bertz CT molecular complexity index is 971. The second-order valence-corrected chi connectivity index (χ2v) is 10.5. The van der Waals surface area contributed by atoms with Crippen molar-refractivity contribution in [3.05, 3.63) is 29.3 Å². The van der Waals surface area contributed by atoms with Crippen molar-refractivity contribution >= 4 is 23.8 Å². The summed E-state index contributed by atoms with van der Waals surface area (Å²) in [5.41, 5.74) is 5.36. The maximum absolute atomic E-state index is 13.9. The van der Waals surface area contributed by atoms with Crippen LogP contribution in [0.25, 0.3) is 0 Å². The summed E-state index contributed by atoms with van der Waals surface area (Å²) in [4.78, 5) is 53.0. The van der Waals surface area contributed by atoms with Crippen LogP contribution >= 0.6 is 0 Å². The van der Waals surface area contributed by atoms with Gasteiger partial charge in [0.2, 0.25) is 17.7 Å². The Balaban J connectivity index is 2.55. The molecule has 10 heteroatoms. The number of para-hydroxylation sites is 1. The summed E-state index contributed by atoms with van der Waals surface area (Å²) >= 11 is 0. The molecule has 1 fully saturated rings. The van der Waals surface area contributed by atoms with E-state index in [0.29, 0.717) is 12.0 Å². The fourth-order valence-electron chi connectivity index (χ4n) is 3.89. The highest BCUT2D eigenvalue weighted by molar-refractivity contribution is 5.95. The van der Waals surface area contributed by atoms with Crippen LogP contribution in [0.2, 0.25) is 0 Å². The zero-order chi connectivity index (χ0) is 26.7. The number of aryl methyl sites for hydroxylation is 1. The molecular weight excluding hydrogens is 452 g/mol. The van der Waals surface area contributed by atoms with Crippen molar-refractivity contribution in [1.82, 2.24) is 15.5 Å². The number of nitrogens with zero attached hydrogens (tertiary/aromatic N) is 1. The quantitative estimate of drug-likeness (QED) is 0.417. The van der Waals surface area contributed by atoms with Crippen molar-refractivity contribution in [2.24, 2.45) is 11.7 Å². The van der Waals surface area contributed by atoms with Gasteiger partial charge in [0, 0.05) is 17.6 Å². The van der Waals surface area contributed by atoms with Gasteiger partial charge in [-0.2, -0.15) is 0 Å². The van der Waals surface area contributed by atoms with Gasteiger partial charge in [0.1, 0.15) is 23.4 Å². The molecule has 4 amide bonds. The third-order valence-corrected chi connectivity index (χ3v) is 5.59. The number of carbonyl (C=O) groups excluding carboxylic acids is 4. The highest BCUT2D eigenvalue weighted by atomic mass is 16.6. The first-order valence-corrected chi connectivity index (χ1v) is 11.8. The molecule has 2 rings (SSSR count). The van der Waals surface area contributed by atoms with Crippen molar-refractivity contribution in [1.29, 1.82) is 0 Å². The first-order valence-electron chi connectivity index (χ1n) is 11.8. The van der Waals surface area contributed by atoms with E-state index in [1.54, 1.807) is 59.7 Å². The molecule has 194 valence electrons. The van der Waals surface area contributed by atoms with Crippen LogP contribution in [0.15, 0.2) is 18.2 Å². The van der Waals surface area contributed by atoms with Crippen molar-refractivity contribution in [3.63, 3.8) is 0 Å². The van der Waals surface area contributed by atoms with Gasteiger partial charge in [-0.15, -0.1) is 0 Å². The van der Waals surface area contributed by atoms with Crippen molar-refractivity contribution < 1.29 is 29.0 Å². The molecule has 4 unspecified atom stereocenters. The molecule has 5 N–H and O–H groups in total. The van der Waals surface area contributed by atoms with Crippen LogP contribution in [0, 0.1) is 12.8 Å². The van der Waals surface area contributed by atoms with Gasteiger partial charge in [-0.05, 0) is 59.4 Å². The van der Waals surface area contributed by atoms with Crippen LogP contribution in [-0.4, -0.2) is 57.5 Å². The summed E-state index contributed by atoms with van der Waals surface area (Å²) in [6.45, 7) is 12.2. The molecular formula is C25H38N4O6. The van der Waals surface area contributed by atoms with Gasteiger partial charge in [0.25, 0.3) is 0 Å². The topological polar surface area (TPSA) is 151 Å². The van der Waals surface area contributed by atoms with Crippen molar-refractivity contribution in [2.75, 3.05) is 0 Å². The number of hydrogen-bond donors (Lipinski definition) is 4. The summed E-state index contributed by atoms with van der Waals surface area (Å²) in [6, 6.07) is 1.88. The van der Waals surface area contributed by atoms with Crippen molar-refractivity contribution in [3.8, 4) is 5.75 Å². The zero-order valence-corrected chi connectivity index (χ0v) is 21.5. The molecule has 1 aliphatic rings. The molecule has 0 spiro atoms. The summed E-state index contributed by atoms with van der Waals surface area (Å²) in [7, 11) is 0. The summed E-state index contributed by atoms with van der Waals surface area (Å²) in [6.07, 6.45) is -0.740. The fraction of sp³-hybridized carbons (Fsp3) is 0.600. The van der Waals surface area contributed by atoms with E-state index in [0.717, 1.165) is 0 Å². The minimum atomic E-state index is -1.35.